The molecule has 0 radical (unpaired) electrons. The Hall–Kier alpha value is -1.09. The summed E-state index contributed by atoms with van der Waals surface area (Å²) in [7, 11) is 0. The Bertz CT molecular complexity index is 403. The quantitative estimate of drug-likeness (QED) is 0.786. The summed E-state index contributed by atoms with van der Waals surface area (Å²) in [5.74, 6) is 1.32. The van der Waals surface area contributed by atoms with Crippen molar-refractivity contribution < 1.29 is 4.74 Å². The third kappa shape index (κ3) is 1.50. The molecule has 0 spiro atoms. The summed E-state index contributed by atoms with van der Waals surface area (Å²) in [5.41, 5.74) is 2.37. The van der Waals surface area contributed by atoms with Gasteiger partial charge in [0.25, 0.3) is 0 Å². The number of nitrogens with one attached hydrogen (secondary N) is 1. The van der Waals surface area contributed by atoms with Gasteiger partial charge in [-0.05, 0) is 31.4 Å². The van der Waals surface area contributed by atoms with E-state index in [4.69, 9.17) is 4.74 Å². The van der Waals surface area contributed by atoms with Crippen molar-refractivity contribution in [3.05, 3.63) is 23.4 Å². The van der Waals surface area contributed by atoms with E-state index in [0.29, 0.717) is 18.1 Å². The van der Waals surface area contributed by atoms with Gasteiger partial charge >= 0.3 is 0 Å². The van der Waals surface area contributed by atoms with E-state index in [1.807, 2.05) is 0 Å². The first-order chi connectivity index (χ1) is 7.75. The van der Waals surface area contributed by atoms with E-state index in [1.165, 1.54) is 12.0 Å². The maximum Gasteiger partial charge on any atom is 0.218 e. The zero-order valence-electron chi connectivity index (χ0n) is 9.86. The standard InChI is InChI=1S/C13H18N2O/c1-8(2)10-6-5-9-12-11(4-3-7-14-12)16-13(9)15-10/h5-6,8,11-12,14H,3-4,7H2,1-2H3/t11-,12-/m0/s1. The molecule has 3 heteroatoms. The second-order valence-corrected chi connectivity index (χ2v) is 5.02. The summed E-state index contributed by atoms with van der Waals surface area (Å²) in [6.07, 6.45) is 2.65. The van der Waals surface area contributed by atoms with Gasteiger partial charge in [0, 0.05) is 11.3 Å². The highest BCUT2D eigenvalue weighted by Gasteiger charge is 2.37. The van der Waals surface area contributed by atoms with Gasteiger partial charge in [-0.3, -0.25) is 0 Å². The Morgan fingerprint density at radius 1 is 1.44 bits per heavy atom. The number of hydrogen-bond donors (Lipinski definition) is 1. The van der Waals surface area contributed by atoms with Crippen LogP contribution in [0.4, 0.5) is 0 Å². The van der Waals surface area contributed by atoms with Gasteiger partial charge < -0.3 is 10.1 Å². The topological polar surface area (TPSA) is 34.1 Å². The third-order valence-corrected chi connectivity index (χ3v) is 3.50. The zero-order valence-corrected chi connectivity index (χ0v) is 9.86. The van der Waals surface area contributed by atoms with Gasteiger partial charge in [-0.25, -0.2) is 4.98 Å². The Morgan fingerprint density at radius 2 is 2.31 bits per heavy atom. The van der Waals surface area contributed by atoms with Crippen molar-refractivity contribution in [1.29, 1.82) is 0 Å². The smallest absolute Gasteiger partial charge is 0.218 e. The summed E-state index contributed by atoms with van der Waals surface area (Å²) in [6, 6.07) is 4.68. The van der Waals surface area contributed by atoms with Crippen LogP contribution < -0.4 is 10.1 Å². The Balaban J connectivity index is 1.95. The number of rotatable bonds is 1. The molecule has 1 N–H and O–H groups in total. The van der Waals surface area contributed by atoms with Crippen molar-refractivity contribution >= 4 is 0 Å². The SMILES string of the molecule is CC(C)c1ccc2c(n1)O[C@H]1CCCN[C@@H]21. The van der Waals surface area contributed by atoms with Crippen molar-refractivity contribution in [3.8, 4) is 5.88 Å². The largest absolute Gasteiger partial charge is 0.472 e. The molecule has 1 aromatic heterocycles. The van der Waals surface area contributed by atoms with Gasteiger partial charge in [0.1, 0.15) is 6.10 Å². The van der Waals surface area contributed by atoms with E-state index < -0.39 is 0 Å². The molecule has 0 aromatic carbocycles. The molecule has 3 heterocycles. The van der Waals surface area contributed by atoms with Crippen molar-refractivity contribution in [1.82, 2.24) is 10.3 Å². The van der Waals surface area contributed by atoms with Crippen molar-refractivity contribution in [3.63, 3.8) is 0 Å². The van der Waals surface area contributed by atoms with Crippen molar-refractivity contribution in [2.75, 3.05) is 6.54 Å². The van der Waals surface area contributed by atoms with Gasteiger partial charge in [-0.15, -0.1) is 0 Å². The Labute approximate surface area is 96.2 Å². The maximum absolute atomic E-state index is 5.93. The summed E-state index contributed by atoms with van der Waals surface area (Å²) < 4.78 is 5.93. The number of piperidine rings is 1. The van der Waals surface area contributed by atoms with E-state index in [1.54, 1.807) is 0 Å². The summed E-state index contributed by atoms with van der Waals surface area (Å²) in [4.78, 5) is 4.61. The fourth-order valence-corrected chi connectivity index (χ4v) is 2.56. The predicted octanol–water partition coefficient (Wildman–Crippen LogP) is 2.39. The highest BCUT2D eigenvalue weighted by Crippen LogP contribution is 2.39. The lowest BCUT2D eigenvalue weighted by Crippen LogP contribution is -2.36. The van der Waals surface area contributed by atoms with E-state index in [2.05, 4.69) is 36.3 Å². The number of nitrogens with zero attached hydrogens (tertiary/aromatic N) is 1. The summed E-state index contributed by atoms with van der Waals surface area (Å²) in [5, 5.41) is 3.52. The molecular formula is C13H18N2O. The molecule has 0 amide bonds. The number of fused-ring (bicyclic) bond motifs is 3. The van der Waals surface area contributed by atoms with E-state index >= 15 is 0 Å². The molecule has 1 saturated heterocycles. The molecule has 1 aromatic rings. The number of aromatic nitrogens is 1. The molecule has 0 aliphatic carbocycles. The average molecular weight is 218 g/mol. The predicted molar refractivity (Wildman–Crippen MR) is 62.7 cm³/mol. The van der Waals surface area contributed by atoms with Crippen molar-refractivity contribution in [2.45, 2.75) is 44.8 Å². The molecule has 2 atom stereocenters. The van der Waals surface area contributed by atoms with Crippen LogP contribution >= 0.6 is 0 Å². The third-order valence-electron chi connectivity index (χ3n) is 3.50. The molecule has 0 unspecified atom stereocenters. The minimum Gasteiger partial charge on any atom is -0.472 e. The lowest BCUT2D eigenvalue weighted by molar-refractivity contribution is 0.150. The second kappa shape index (κ2) is 3.74. The molecule has 1 fully saturated rings. The molecule has 0 bridgehead atoms. The minimum absolute atomic E-state index is 0.304. The van der Waals surface area contributed by atoms with Crippen LogP contribution in [0.3, 0.4) is 0 Å². The number of pyridine rings is 1. The highest BCUT2D eigenvalue weighted by molar-refractivity contribution is 5.37. The van der Waals surface area contributed by atoms with E-state index in [0.717, 1.165) is 24.5 Å². The van der Waals surface area contributed by atoms with Crippen molar-refractivity contribution in [2.24, 2.45) is 0 Å². The molecule has 3 nitrogen and oxygen atoms in total. The lowest BCUT2D eigenvalue weighted by atomic mass is 9.97. The highest BCUT2D eigenvalue weighted by atomic mass is 16.5. The van der Waals surface area contributed by atoms with E-state index in [-0.39, 0.29) is 0 Å². The first kappa shape index (κ1) is 10.1. The monoisotopic (exact) mass is 218 g/mol. The van der Waals surface area contributed by atoms with Crippen LogP contribution in [0.15, 0.2) is 12.1 Å². The molecule has 2 aliphatic heterocycles. The fourth-order valence-electron chi connectivity index (χ4n) is 2.56. The van der Waals surface area contributed by atoms with Gasteiger partial charge in [0.05, 0.1) is 6.04 Å². The van der Waals surface area contributed by atoms with Crippen LogP contribution in [0.5, 0.6) is 5.88 Å². The first-order valence-electron chi connectivity index (χ1n) is 6.16. The van der Waals surface area contributed by atoms with Gasteiger partial charge in [-0.1, -0.05) is 19.9 Å². The zero-order chi connectivity index (χ0) is 11.1. The first-order valence-corrected chi connectivity index (χ1v) is 6.16. The van der Waals surface area contributed by atoms with Crippen LogP contribution in [-0.2, 0) is 0 Å². The summed E-state index contributed by atoms with van der Waals surface area (Å²) >= 11 is 0. The fraction of sp³-hybridized carbons (Fsp3) is 0.615. The minimum atomic E-state index is 0.304. The van der Waals surface area contributed by atoms with E-state index in [9.17, 15) is 0 Å². The molecule has 0 saturated carbocycles. The lowest BCUT2D eigenvalue weighted by Gasteiger charge is -2.25. The van der Waals surface area contributed by atoms with Crippen LogP contribution in [0.1, 0.15) is 49.9 Å². The molecule has 2 aliphatic rings. The number of ether oxygens (including phenoxy) is 1. The van der Waals surface area contributed by atoms with Crippen LogP contribution in [0.25, 0.3) is 0 Å². The van der Waals surface area contributed by atoms with Gasteiger partial charge in [-0.2, -0.15) is 0 Å². The van der Waals surface area contributed by atoms with Crippen LogP contribution in [-0.4, -0.2) is 17.6 Å². The molecule has 3 rings (SSSR count). The summed E-state index contributed by atoms with van der Waals surface area (Å²) in [6.45, 7) is 5.42. The maximum atomic E-state index is 5.93. The molecule has 86 valence electrons. The van der Waals surface area contributed by atoms with Gasteiger partial charge in [0.2, 0.25) is 5.88 Å². The Morgan fingerprint density at radius 3 is 3.12 bits per heavy atom. The van der Waals surface area contributed by atoms with Gasteiger partial charge in [0.15, 0.2) is 0 Å². The Kier molecular flexibility index (Phi) is 2.36. The van der Waals surface area contributed by atoms with Crippen LogP contribution in [0.2, 0.25) is 0 Å². The number of hydrogen-bond acceptors (Lipinski definition) is 3. The average Bonchev–Trinajstić information content (AvgIpc) is 2.66. The molecule has 16 heavy (non-hydrogen) atoms. The normalized spacial score (nSPS) is 27.4. The molecular weight excluding hydrogens is 200 g/mol. The second-order valence-electron chi connectivity index (χ2n) is 5.02. The van der Waals surface area contributed by atoms with Crippen LogP contribution in [0, 0.1) is 0 Å².